The van der Waals surface area contributed by atoms with Crippen LogP contribution in [0.5, 0.6) is 5.75 Å². The van der Waals surface area contributed by atoms with Crippen LogP contribution in [0, 0.1) is 0 Å². The Morgan fingerprint density at radius 1 is 0.967 bits per heavy atom. The molecule has 2 amide bonds. The zero-order chi connectivity index (χ0) is 21.3. The topological polar surface area (TPSA) is 73.9 Å². The number of nitrogens with zero attached hydrogens (tertiary/aromatic N) is 2. The first-order chi connectivity index (χ1) is 14.5. The van der Waals surface area contributed by atoms with E-state index in [-0.39, 0.29) is 12.5 Å². The molecule has 3 rings (SSSR count). The number of hydrazine groups is 1. The molecule has 1 heterocycles. The Kier molecular flexibility index (Phi) is 8.07. The SMILES string of the molecule is CCOc1ccc(CN2CCN(CC(=O)NNC(=O)c3ccccc3Cl)CC2)cc1. The largest absolute Gasteiger partial charge is 0.494 e. The molecule has 0 saturated carbocycles. The predicted molar refractivity (Wildman–Crippen MR) is 116 cm³/mol. The van der Waals surface area contributed by atoms with Gasteiger partial charge in [-0.1, -0.05) is 35.9 Å². The van der Waals surface area contributed by atoms with Gasteiger partial charge in [-0.25, -0.2) is 0 Å². The van der Waals surface area contributed by atoms with E-state index in [1.165, 1.54) is 5.56 Å². The maximum absolute atomic E-state index is 12.2. The third kappa shape index (κ3) is 6.45. The Hall–Kier alpha value is -2.61. The number of hydrogen-bond donors (Lipinski definition) is 2. The number of ether oxygens (including phenoxy) is 1. The summed E-state index contributed by atoms with van der Waals surface area (Å²) in [6.07, 6.45) is 0. The summed E-state index contributed by atoms with van der Waals surface area (Å²) in [5.74, 6) is 0.197. The van der Waals surface area contributed by atoms with Gasteiger partial charge in [0, 0.05) is 32.7 Å². The van der Waals surface area contributed by atoms with Crippen molar-refractivity contribution in [2.24, 2.45) is 0 Å². The summed E-state index contributed by atoms with van der Waals surface area (Å²) in [5, 5.41) is 0.341. The van der Waals surface area contributed by atoms with E-state index in [1.54, 1.807) is 24.3 Å². The summed E-state index contributed by atoms with van der Waals surface area (Å²) >= 11 is 5.99. The normalized spacial score (nSPS) is 14.9. The molecule has 1 aliphatic heterocycles. The summed E-state index contributed by atoms with van der Waals surface area (Å²) in [5.41, 5.74) is 6.44. The second kappa shape index (κ2) is 11.0. The summed E-state index contributed by atoms with van der Waals surface area (Å²) in [7, 11) is 0. The van der Waals surface area contributed by atoms with Crippen LogP contribution in [-0.2, 0) is 11.3 Å². The van der Waals surface area contributed by atoms with Crippen molar-refractivity contribution in [1.82, 2.24) is 20.7 Å². The minimum Gasteiger partial charge on any atom is -0.494 e. The van der Waals surface area contributed by atoms with E-state index in [1.807, 2.05) is 19.1 Å². The molecule has 2 N–H and O–H groups in total. The van der Waals surface area contributed by atoms with Crippen LogP contribution >= 0.6 is 11.6 Å². The molecular weight excluding hydrogens is 404 g/mol. The van der Waals surface area contributed by atoms with Crippen LogP contribution in [0.15, 0.2) is 48.5 Å². The fraction of sp³-hybridized carbons (Fsp3) is 0.364. The Labute approximate surface area is 181 Å². The second-order valence-corrected chi connectivity index (χ2v) is 7.52. The number of carbonyl (C=O) groups is 2. The van der Waals surface area contributed by atoms with E-state index in [2.05, 4.69) is 32.8 Å². The highest BCUT2D eigenvalue weighted by molar-refractivity contribution is 6.33. The van der Waals surface area contributed by atoms with Crippen LogP contribution in [-0.4, -0.2) is 60.9 Å². The molecule has 0 bridgehead atoms. The van der Waals surface area contributed by atoms with Gasteiger partial charge in [0.15, 0.2) is 0 Å². The number of halogens is 1. The highest BCUT2D eigenvalue weighted by atomic mass is 35.5. The third-order valence-electron chi connectivity index (χ3n) is 4.91. The average Bonchev–Trinajstić information content (AvgIpc) is 2.75. The lowest BCUT2D eigenvalue weighted by atomic mass is 10.2. The molecule has 8 heteroatoms. The molecule has 2 aromatic carbocycles. The lowest BCUT2D eigenvalue weighted by Crippen LogP contribution is -2.51. The van der Waals surface area contributed by atoms with Crippen molar-refractivity contribution in [2.75, 3.05) is 39.3 Å². The monoisotopic (exact) mass is 430 g/mol. The van der Waals surface area contributed by atoms with Crippen molar-refractivity contribution in [3.05, 3.63) is 64.7 Å². The van der Waals surface area contributed by atoms with Gasteiger partial charge in [0.2, 0.25) is 0 Å². The fourth-order valence-electron chi connectivity index (χ4n) is 3.30. The smallest absolute Gasteiger partial charge is 0.271 e. The molecule has 30 heavy (non-hydrogen) atoms. The first kappa shape index (κ1) is 22.1. The minimum absolute atomic E-state index is 0.236. The molecule has 7 nitrogen and oxygen atoms in total. The lowest BCUT2D eigenvalue weighted by Gasteiger charge is -2.34. The van der Waals surface area contributed by atoms with E-state index >= 15 is 0 Å². The maximum Gasteiger partial charge on any atom is 0.271 e. The van der Waals surface area contributed by atoms with Crippen LogP contribution in [0.2, 0.25) is 5.02 Å². The Balaban J connectivity index is 1.37. The van der Waals surface area contributed by atoms with Gasteiger partial charge in [0.25, 0.3) is 11.8 Å². The summed E-state index contributed by atoms with van der Waals surface area (Å²) in [6, 6.07) is 14.9. The van der Waals surface area contributed by atoms with Crippen LogP contribution < -0.4 is 15.6 Å². The van der Waals surface area contributed by atoms with Gasteiger partial charge < -0.3 is 4.74 Å². The van der Waals surface area contributed by atoms with E-state index in [9.17, 15) is 9.59 Å². The molecular formula is C22H27ClN4O3. The average molecular weight is 431 g/mol. The molecule has 0 spiro atoms. The van der Waals surface area contributed by atoms with Crippen molar-refractivity contribution in [3.63, 3.8) is 0 Å². The highest BCUT2D eigenvalue weighted by Crippen LogP contribution is 2.15. The van der Waals surface area contributed by atoms with E-state index < -0.39 is 5.91 Å². The summed E-state index contributed by atoms with van der Waals surface area (Å²) < 4.78 is 5.48. The van der Waals surface area contributed by atoms with Crippen LogP contribution in [0.25, 0.3) is 0 Å². The molecule has 0 unspecified atom stereocenters. The Morgan fingerprint density at radius 2 is 1.63 bits per heavy atom. The molecule has 0 aromatic heterocycles. The minimum atomic E-state index is -0.436. The molecule has 1 fully saturated rings. The zero-order valence-corrected chi connectivity index (χ0v) is 17.8. The fourth-order valence-corrected chi connectivity index (χ4v) is 3.52. The first-order valence-electron chi connectivity index (χ1n) is 10.1. The van der Waals surface area contributed by atoms with Gasteiger partial charge >= 0.3 is 0 Å². The number of piperazine rings is 1. The van der Waals surface area contributed by atoms with Gasteiger partial charge in [-0.05, 0) is 36.8 Å². The number of nitrogens with one attached hydrogen (secondary N) is 2. The molecule has 0 aliphatic carbocycles. The lowest BCUT2D eigenvalue weighted by molar-refractivity contribution is -0.123. The van der Waals surface area contributed by atoms with Crippen molar-refractivity contribution in [3.8, 4) is 5.75 Å². The van der Waals surface area contributed by atoms with Crippen LogP contribution in [0.1, 0.15) is 22.8 Å². The van der Waals surface area contributed by atoms with E-state index in [0.717, 1.165) is 38.5 Å². The van der Waals surface area contributed by atoms with E-state index in [4.69, 9.17) is 16.3 Å². The molecule has 2 aromatic rings. The number of amides is 2. The van der Waals surface area contributed by atoms with Crippen molar-refractivity contribution in [1.29, 1.82) is 0 Å². The van der Waals surface area contributed by atoms with Gasteiger partial charge in [0.1, 0.15) is 5.75 Å². The number of hydrogen-bond acceptors (Lipinski definition) is 5. The standard InChI is InChI=1S/C22H27ClN4O3/c1-2-30-18-9-7-17(8-10-18)15-26-11-13-27(14-12-26)16-21(28)24-25-22(29)19-5-3-4-6-20(19)23/h3-10H,2,11-16H2,1H3,(H,24,28)(H,25,29). The van der Waals surface area contributed by atoms with Crippen LogP contribution in [0.4, 0.5) is 0 Å². The second-order valence-electron chi connectivity index (χ2n) is 7.11. The van der Waals surface area contributed by atoms with Crippen molar-refractivity contribution < 1.29 is 14.3 Å². The highest BCUT2D eigenvalue weighted by Gasteiger charge is 2.19. The van der Waals surface area contributed by atoms with Crippen LogP contribution in [0.3, 0.4) is 0 Å². The molecule has 160 valence electrons. The van der Waals surface area contributed by atoms with Gasteiger partial charge in [0.05, 0.1) is 23.7 Å². The first-order valence-corrected chi connectivity index (χ1v) is 10.4. The van der Waals surface area contributed by atoms with Crippen molar-refractivity contribution in [2.45, 2.75) is 13.5 Å². The molecule has 1 saturated heterocycles. The predicted octanol–water partition coefficient (Wildman–Crippen LogP) is 2.32. The quantitative estimate of drug-likeness (QED) is 0.659. The van der Waals surface area contributed by atoms with Gasteiger partial charge in [-0.2, -0.15) is 0 Å². The summed E-state index contributed by atoms with van der Waals surface area (Å²) in [4.78, 5) is 28.7. The van der Waals surface area contributed by atoms with Gasteiger partial charge in [-0.15, -0.1) is 0 Å². The third-order valence-corrected chi connectivity index (χ3v) is 5.24. The number of benzene rings is 2. The number of carbonyl (C=O) groups excluding carboxylic acids is 2. The van der Waals surface area contributed by atoms with Gasteiger partial charge in [-0.3, -0.25) is 30.2 Å². The number of rotatable bonds is 7. The maximum atomic E-state index is 12.2. The van der Waals surface area contributed by atoms with E-state index in [0.29, 0.717) is 17.2 Å². The molecule has 0 radical (unpaired) electrons. The molecule has 1 aliphatic rings. The summed E-state index contributed by atoms with van der Waals surface area (Å²) in [6.45, 7) is 7.10. The Morgan fingerprint density at radius 3 is 2.30 bits per heavy atom. The Bertz CT molecular complexity index is 852. The van der Waals surface area contributed by atoms with Crippen molar-refractivity contribution >= 4 is 23.4 Å². The zero-order valence-electron chi connectivity index (χ0n) is 17.1. The molecule has 0 atom stereocenters.